The highest BCUT2D eigenvalue weighted by molar-refractivity contribution is 7.90. The average molecular weight is 435 g/mol. The third kappa shape index (κ3) is 4.46. The highest BCUT2D eigenvalue weighted by Crippen LogP contribution is 2.35. The molecule has 0 amide bonds. The molecule has 158 valence electrons. The SMILES string of the molecule is COc1cc2nccc(Nc3ccc(CS(=O)(=O)c4ccccc4)cc3)c2cc1OC. The minimum Gasteiger partial charge on any atom is -0.493 e. The Hall–Kier alpha value is -3.58. The maximum atomic E-state index is 12.6. The van der Waals surface area contributed by atoms with Crippen molar-refractivity contribution in [1.29, 1.82) is 0 Å². The molecule has 4 aromatic rings. The summed E-state index contributed by atoms with van der Waals surface area (Å²) in [6.07, 6.45) is 1.72. The zero-order chi connectivity index (χ0) is 21.8. The number of hydrogen-bond acceptors (Lipinski definition) is 6. The summed E-state index contributed by atoms with van der Waals surface area (Å²) < 4.78 is 35.9. The van der Waals surface area contributed by atoms with Crippen LogP contribution < -0.4 is 14.8 Å². The van der Waals surface area contributed by atoms with Gasteiger partial charge < -0.3 is 14.8 Å². The molecule has 0 saturated carbocycles. The number of sulfone groups is 1. The van der Waals surface area contributed by atoms with E-state index in [2.05, 4.69) is 10.3 Å². The van der Waals surface area contributed by atoms with E-state index in [1.54, 1.807) is 50.7 Å². The number of anilines is 2. The van der Waals surface area contributed by atoms with Crippen molar-refractivity contribution in [2.75, 3.05) is 19.5 Å². The summed E-state index contributed by atoms with van der Waals surface area (Å²) in [4.78, 5) is 4.73. The van der Waals surface area contributed by atoms with E-state index in [1.165, 1.54) is 0 Å². The van der Waals surface area contributed by atoms with Gasteiger partial charge in [-0.2, -0.15) is 0 Å². The molecule has 31 heavy (non-hydrogen) atoms. The maximum absolute atomic E-state index is 12.6. The van der Waals surface area contributed by atoms with Crippen molar-refractivity contribution in [2.24, 2.45) is 0 Å². The number of fused-ring (bicyclic) bond motifs is 1. The molecule has 0 aliphatic heterocycles. The first kappa shape index (κ1) is 20.7. The number of methoxy groups -OCH3 is 2. The Morgan fingerprint density at radius 3 is 2.23 bits per heavy atom. The van der Waals surface area contributed by atoms with Crippen molar-refractivity contribution in [2.45, 2.75) is 10.6 Å². The Morgan fingerprint density at radius 1 is 0.871 bits per heavy atom. The Balaban J connectivity index is 1.58. The van der Waals surface area contributed by atoms with Gasteiger partial charge in [0.05, 0.1) is 30.4 Å². The van der Waals surface area contributed by atoms with Crippen LogP contribution in [0.2, 0.25) is 0 Å². The van der Waals surface area contributed by atoms with E-state index in [4.69, 9.17) is 9.47 Å². The molecule has 0 fully saturated rings. The topological polar surface area (TPSA) is 77.5 Å². The molecule has 6 nitrogen and oxygen atoms in total. The Morgan fingerprint density at radius 2 is 1.55 bits per heavy atom. The summed E-state index contributed by atoms with van der Waals surface area (Å²) in [5.41, 5.74) is 3.19. The van der Waals surface area contributed by atoms with Crippen LogP contribution in [0.25, 0.3) is 10.9 Å². The second-order valence-corrected chi connectivity index (χ2v) is 8.97. The van der Waals surface area contributed by atoms with Crippen molar-refractivity contribution in [3.05, 3.63) is 84.6 Å². The van der Waals surface area contributed by atoms with Gasteiger partial charge in [0.2, 0.25) is 0 Å². The predicted octanol–water partition coefficient (Wildman–Crippen LogP) is 4.97. The summed E-state index contributed by atoms with van der Waals surface area (Å²) in [6, 6.07) is 21.4. The molecular weight excluding hydrogens is 412 g/mol. The summed E-state index contributed by atoms with van der Waals surface area (Å²) in [5, 5.41) is 4.26. The largest absolute Gasteiger partial charge is 0.493 e. The van der Waals surface area contributed by atoms with Gasteiger partial charge in [0, 0.05) is 29.0 Å². The fourth-order valence-corrected chi connectivity index (χ4v) is 4.72. The van der Waals surface area contributed by atoms with Crippen molar-refractivity contribution < 1.29 is 17.9 Å². The first-order valence-corrected chi connectivity index (χ1v) is 11.3. The van der Waals surface area contributed by atoms with Gasteiger partial charge in [0.1, 0.15) is 0 Å². The molecule has 3 aromatic carbocycles. The van der Waals surface area contributed by atoms with Crippen molar-refractivity contribution in [3.63, 3.8) is 0 Å². The maximum Gasteiger partial charge on any atom is 0.182 e. The molecule has 0 spiro atoms. The zero-order valence-corrected chi connectivity index (χ0v) is 18.0. The number of ether oxygens (including phenoxy) is 2. The van der Waals surface area contributed by atoms with Gasteiger partial charge in [-0.15, -0.1) is 0 Å². The molecular formula is C24H22N2O4S. The molecule has 4 rings (SSSR count). The second-order valence-electron chi connectivity index (χ2n) is 6.98. The fourth-order valence-electron chi connectivity index (χ4n) is 3.35. The summed E-state index contributed by atoms with van der Waals surface area (Å²) in [6.45, 7) is 0. The Kier molecular flexibility index (Phi) is 5.77. The number of benzene rings is 3. The van der Waals surface area contributed by atoms with Crippen LogP contribution in [0, 0.1) is 0 Å². The number of rotatable bonds is 7. The minimum absolute atomic E-state index is 0.0491. The summed E-state index contributed by atoms with van der Waals surface area (Å²) in [5.74, 6) is 1.18. The smallest absolute Gasteiger partial charge is 0.182 e. The average Bonchev–Trinajstić information content (AvgIpc) is 2.80. The van der Waals surface area contributed by atoms with Crippen LogP contribution in [0.3, 0.4) is 0 Å². The van der Waals surface area contributed by atoms with Crippen LogP contribution in [-0.2, 0) is 15.6 Å². The highest BCUT2D eigenvalue weighted by Gasteiger charge is 2.15. The van der Waals surface area contributed by atoms with E-state index in [0.717, 1.165) is 27.8 Å². The lowest BCUT2D eigenvalue weighted by molar-refractivity contribution is 0.356. The predicted molar refractivity (Wildman–Crippen MR) is 122 cm³/mol. The molecule has 0 radical (unpaired) electrons. The number of nitrogens with one attached hydrogen (secondary N) is 1. The standard InChI is InChI=1S/C24H22N2O4S/c1-29-23-14-20-21(12-13-25-22(20)15-24(23)30-2)26-18-10-8-17(9-11-18)16-31(27,28)19-6-4-3-5-7-19/h3-15H,16H2,1-2H3,(H,25,26). The molecule has 0 unspecified atom stereocenters. The molecule has 1 N–H and O–H groups in total. The van der Waals surface area contributed by atoms with E-state index in [9.17, 15) is 8.42 Å². The van der Waals surface area contributed by atoms with Gasteiger partial charge in [-0.05, 0) is 42.0 Å². The second kappa shape index (κ2) is 8.65. The minimum atomic E-state index is -3.38. The summed E-state index contributed by atoms with van der Waals surface area (Å²) in [7, 11) is -0.201. The van der Waals surface area contributed by atoms with Crippen LogP contribution in [0.4, 0.5) is 11.4 Å². The number of nitrogens with zero attached hydrogens (tertiary/aromatic N) is 1. The molecule has 0 aliphatic rings. The van der Waals surface area contributed by atoms with Crippen molar-refractivity contribution >= 4 is 32.1 Å². The zero-order valence-electron chi connectivity index (χ0n) is 17.2. The lowest BCUT2D eigenvalue weighted by Gasteiger charge is -2.13. The van der Waals surface area contributed by atoms with Gasteiger partial charge in [-0.3, -0.25) is 4.98 Å². The molecule has 0 bridgehead atoms. The third-order valence-electron chi connectivity index (χ3n) is 4.94. The molecule has 0 atom stereocenters. The van der Waals surface area contributed by atoms with Crippen LogP contribution in [0.5, 0.6) is 11.5 Å². The van der Waals surface area contributed by atoms with Crippen LogP contribution in [-0.4, -0.2) is 27.6 Å². The van der Waals surface area contributed by atoms with Gasteiger partial charge in [-0.1, -0.05) is 30.3 Å². The molecule has 0 saturated heterocycles. The first-order valence-electron chi connectivity index (χ1n) is 9.64. The van der Waals surface area contributed by atoms with Gasteiger partial charge in [-0.25, -0.2) is 8.42 Å². The first-order chi connectivity index (χ1) is 15.0. The van der Waals surface area contributed by atoms with Crippen molar-refractivity contribution in [1.82, 2.24) is 4.98 Å². The lowest BCUT2D eigenvalue weighted by atomic mass is 10.1. The summed E-state index contributed by atoms with van der Waals surface area (Å²) >= 11 is 0. The quantitative estimate of drug-likeness (QED) is 0.443. The van der Waals surface area contributed by atoms with Crippen LogP contribution >= 0.6 is 0 Å². The molecule has 1 heterocycles. The normalized spacial score (nSPS) is 11.3. The van der Waals surface area contributed by atoms with E-state index in [0.29, 0.717) is 16.4 Å². The fraction of sp³-hybridized carbons (Fsp3) is 0.125. The third-order valence-corrected chi connectivity index (χ3v) is 6.64. The number of aromatic nitrogens is 1. The van der Waals surface area contributed by atoms with Crippen molar-refractivity contribution in [3.8, 4) is 11.5 Å². The molecule has 0 aliphatic carbocycles. The van der Waals surface area contributed by atoms with Crippen LogP contribution in [0.1, 0.15) is 5.56 Å². The lowest BCUT2D eigenvalue weighted by Crippen LogP contribution is -2.04. The van der Waals surface area contributed by atoms with Gasteiger partial charge in [0.15, 0.2) is 21.3 Å². The van der Waals surface area contributed by atoms with E-state index >= 15 is 0 Å². The molecule has 7 heteroatoms. The monoisotopic (exact) mass is 434 g/mol. The Labute approximate surface area is 181 Å². The number of hydrogen-bond donors (Lipinski definition) is 1. The van der Waals surface area contributed by atoms with Crippen LogP contribution in [0.15, 0.2) is 83.9 Å². The van der Waals surface area contributed by atoms with E-state index in [-0.39, 0.29) is 5.75 Å². The molecule has 1 aromatic heterocycles. The van der Waals surface area contributed by atoms with E-state index in [1.807, 2.05) is 42.5 Å². The highest BCUT2D eigenvalue weighted by atomic mass is 32.2. The van der Waals surface area contributed by atoms with Gasteiger partial charge in [0.25, 0.3) is 0 Å². The van der Waals surface area contributed by atoms with E-state index < -0.39 is 9.84 Å². The Bertz CT molecular complexity index is 1310. The number of pyridine rings is 1. The van der Waals surface area contributed by atoms with Gasteiger partial charge >= 0.3 is 0 Å².